The molecule has 4 rings (SSSR count). The Morgan fingerprint density at radius 3 is 1.57 bits per heavy atom. The van der Waals surface area contributed by atoms with Crippen molar-refractivity contribution in [2.45, 2.75) is 6.92 Å². The van der Waals surface area contributed by atoms with Gasteiger partial charge in [0.2, 0.25) is 0 Å². The average Bonchev–Trinajstić information content (AvgIpc) is 2.92. The van der Waals surface area contributed by atoms with Crippen LogP contribution in [0.1, 0.15) is 18.1 Å². The summed E-state index contributed by atoms with van der Waals surface area (Å²) < 4.78 is 0. The van der Waals surface area contributed by atoms with Crippen LogP contribution < -0.4 is 10.0 Å². The van der Waals surface area contributed by atoms with Crippen LogP contribution in [0.4, 0.5) is 11.6 Å². The zero-order valence-corrected chi connectivity index (χ0v) is 20.8. The van der Waals surface area contributed by atoms with Crippen molar-refractivity contribution in [3.8, 4) is 29.0 Å². The molecule has 0 aliphatic rings. The van der Waals surface area contributed by atoms with Gasteiger partial charge < -0.3 is 10.2 Å². The molecule has 0 amide bonds. The van der Waals surface area contributed by atoms with Gasteiger partial charge in [0.05, 0.1) is 18.5 Å². The van der Waals surface area contributed by atoms with Gasteiger partial charge >= 0.3 is 0 Å². The highest BCUT2D eigenvalue weighted by Gasteiger charge is 2.12. The summed E-state index contributed by atoms with van der Waals surface area (Å²) in [4.78, 5) is 9.35. The summed E-state index contributed by atoms with van der Waals surface area (Å²) in [5, 5.41) is 39.4. The molecule has 9 heteroatoms. The monoisotopic (exact) mass is 493 g/mol. The number of phenolic OH excluding ortho intramolecular Hbond substituents is 2. The van der Waals surface area contributed by atoms with Crippen LogP contribution in [0.2, 0.25) is 0 Å². The molecule has 0 saturated carbocycles. The van der Waals surface area contributed by atoms with Crippen LogP contribution in [-0.4, -0.2) is 46.7 Å². The Kier molecular flexibility index (Phi) is 9.28. The van der Waals surface area contributed by atoms with Gasteiger partial charge in [0.25, 0.3) is 0 Å². The van der Waals surface area contributed by atoms with Gasteiger partial charge in [-0.25, -0.2) is 9.97 Å². The quantitative estimate of drug-likeness (QED) is 0.274. The number of benzene rings is 3. The SMILES string of the molecule is CC#N.CN(/N=C/c1ccccc1O)c1cc(N(C)/N=C/c2ccccc2O)nc(-c2ccccc2)n1. The standard InChI is InChI=1S/C26H24N6O2.C2H3N/c1-31(27-17-20-12-6-8-14-22(20)33)24-16-25(30-26(29-24)19-10-4-3-5-11-19)32(2)28-18-21-13-7-9-15-23(21)34;1-2-3/h3-18,33-34H,1-2H3;1H3/b27-17+,28-18+;. The number of phenols is 2. The largest absolute Gasteiger partial charge is 0.507 e. The molecular formula is C28H27N7O2. The summed E-state index contributed by atoms with van der Waals surface area (Å²) in [7, 11) is 3.53. The van der Waals surface area contributed by atoms with E-state index in [0.717, 1.165) is 5.56 Å². The molecule has 0 unspecified atom stereocenters. The fourth-order valence-corrected chi connectivity index (χ4v) is 3.08. The lowest BCUT2D eigenvalue weighted by molar-refractivity contribution is 0.474. The van der Waals surface area contributed by atoms with Crippen molar-refractivity contribution in [3.05, 3.63) is 96.1 Å². The van der Waals surface area contributed by atoms with Gasteiger partial charge in [-0.1, -0.05) is 54.6 Å². The van der Waals surface area contributed by atoms with E-state index in [-0.39, 0.29) is 11.5 Å². The topological polar surface area (TPSA) is 121 Å². The number of nitrogens with zero attached hydrogens (tertiary/aromatic N) is 7. The van der Waals surface area contributed by atoms with E-state index in [2.05, 4.69) is 20.2 Å². The first-order valence-electron chi connectivity index (χ1n) is 11.3. The number of para-hydroxylation sites is 2. The van der Waals surface area contributed by atoms with E-state index in [9.17, 15) is 10.2 Å². The van der Waals surface area contributed by atoms with Gasteiger partial charge in [0.15, 0.2) is 17.5 Å². The van der Waals surface area contributed by atoms with Crippen LogP contribution >= 0.6 is 0 Å². The van der Waals surface area contributed by atoms with Crippen molar-refractivity contribution >= 4 is 24.1 Å². The summed E-state index contributed by atoms with van der Waals surface area (Å²) in [5.41, 5.74) is 2.04. The molecule has 1 heterocycles. The Bertz CT molecular complexity index is 1340. The molecule has 0 aliphatic carbocycles. The van der Waals surface area contributed by atoms with Gasteiger partial charge in [-0.2, -0.15) is 15.5 Å². The molecule has 3 aromatic carbocycles. The molecule has 37 heavy (non-hydrogen) atoms. The van der Waals surface area contributed by atoms with Gasteiger partial charge in [-0.15, -0.1) is 0 Å². The maximum absolute atomic E-state index is 10.0. The van der Waals surface area contributed by atoms with E-state index in [1.807, 2.05) is 42.5 Å². The van der Waals surface area contributed by atoms with E-state index >= 15 is 0 Å². The fraction of sp³-hybridized carbons (Fsp3) is 0.107. The zero-order chi connectivity index (χ0) is 26.6. The van der Waals surface area contributed by atoms with Crippen molar-refractivity contribution in [1.82, 2.24) is 9.97 Å². The third kappa shape index (κ3) is 7.37. The van der Waals surface area contributed by atoms with Crippen LogP contribution in [0, 0.1) is 11.3 Å². The van der Waals surface area contributed by atoms with Crippen LogP contribution in [-0.2, 0) is 0 Å². The van der Waals surface area contributed by atoms with E-state index in [1.165, 1.54) is 6.92 Å². The Balaban J connectivity index is 0.00000121. The average molecular weight is 494 g/mol. The van der Waals surface area contributed by atoms with Gasteiger partial charge in [0, 0.05) is 43.8 Å². The first-order chi connectivity index (χ1) is 17.9. The molecule has 0 fully saturated rings. The Morgan fingerprint density at radius 1 is 0.730 bits per heavy atom. The normalized spacial score (nSPS) is 10.5. The number of hydrazone groups is 2. The number of anilines is 2. The molecule has 0 spiro atoms. The number of aromatic hydroxyl groups is 2. The van der Waals surface area contributed by atoms with Crippen LogP contribution in [0.25, 0.3) is 11.4 Å². The Hall–Kier alpha value is -5.23. The minimum absolute atomic E-state index is 0.145. The fourth-order valence-electron chi connectivity index (χ4n) is 3.08. The minimum atomic E-state index is 0.145. The van der Waals surface area contributed by atoms with E-state index < -0.39 is 0 Å². The highest BCUT2D eigenvalue weighted by molar-refractivity contribution is 5.84. The molecule has 9 nitrogen and oxygen atoms in total. The second-order valence-electron chi connectivity index (χ2n) is 7.65. The first kappa shape index (κ1) is 26.4. The molecule has 0 aliphatic heterocycles. The highest BCUT2D eigenvalue weighted by Crippen LogP contribution is 2.24. The smallest absolute Gasteiger partial charge is 0.164 e. The third-order valence-corrected chi connectivity index (χ3v) is 5.01. The Morgan fingerprint density at radius 2 is 1.14 bits per heavy atom. The Labute approximate surface area is 215 Å². The van der Waals surface area contributed by atoms with Crippen LogP contribution in [0.5, 0.6) is 11.5 Å². The van der Waals surface area contributed by atoms with Crippen LogP contribution in [0.3, 0.4) is 0 Å². The summed E-state index contributed by atoms with van der Waals surface area (Å²) in [5.74, 6) is 1.89. The van der Waals surface area contributed by atoms with Crippen LogP contribution in [0.15, 0.2) is 95.1 Å². The maximum Gasteiger partial charge on any atom is 0.164 e. The number of aromatic nitrogens is 2. The zero-order valence-electron chi connectivity index (χ0n) is 20.8. The lowest BCUT2D eigenvalue weighted by atomic mass is 10.2. The lowest BCUT2D eigenvalue weighted by Gasteiger charge is -2.18. The summed E-state index contributed by atoms with van der Waals surface area (Å²) in [6.45, 7) is 1.43. The summed E-state index contributed by atoms with van der Waals surface area (Å²) in [6, 6.07) is 27.1. The van der Waals surface area contributed by atoms with E-state index in [4.69, 9.17) is 5.26 Å². The van der Waals surface area contributed by atoms with Crippen molar-refractivity contribution < 1.29 is 10.2 Å². The predicted octanol–water partition coefficient (Wildman–Crippen LogP) is 5.03. The molecule has 1 aromatic heterocycles. The van der Waals surface area contributed by atoms with Crippen molar-refractivity contribution in [1.29, 1.82) is 5.26 Å². The van der Waals surface area contributed by atoms with E-state index in [1.54, 1.807) is 85.1 Å². The van der Waals surface area contributed by atoms with Crippen molar-refractivity contribution in [3.63, 3.8) is 0 Å². The van der Waals surface area contributed by atoms with Crippen molar-refractivity contribution in [2.75, 3.05) is 24.1 Å². The number of rotatable bonds is 7. The third-order valence-electron chi connectivity index (χ3n) is 5.01. The molecule has 0 saturated heterocycles. The summed E-state index contributed by atoms with van der Waals surface area (Å²) >= 11 is 0. The lowest BCUT2D eigenvalue weighted by Crippen LogP contribution is -2.16. The molecular weight excluding hydrogens is 466 g/mol. The number of hydrogen-bond donors (Lipinski definition) is 2. The molecule has 4 aromatic rings. The van der Waals surface area contributed by atoms with Gasteiger partial charge in [-0.05, 0) is 24.3 Å². The number of nitriles is 1. The first-order valence-corrected chi connectivity index (χ1v) is 11.3. The van der Waals surface area contributed by atoms with Gasteiger partial charge in [-0.3, -0.25) is 10.0 Å². The van der Waals surface area contributed by atoms with Gasteiger partial charge in [0.1, 0.15) is 11.5 Å². The molecule has 0 atom stereocenters. The molecule has 2 N–H and O–H groups in total. The predicted molar refractivity (Wildman–Crippen MR) is 147 cm³/mol. The molecule has 0 radical (unpaired) electrons. The number of hydrogen-bond acceptors (Lipinski definition) is 9. The second-order valence-corrected chi connectivity index (χ2v) is 7.65. The van der Waals surface area contributed by atoms with Crippen molar-refractivity contribution in [2.24, 2.45) is 10.2 Å². The second kappa shape index (κ2) is 13.0. The molecule has 186 valence electrons. The maximum atomic E-state index is 10.0. The van der Waals surface area contributed by atoms with E-state index in [0.29, 0.717) is 28.6 Å². The highest BCUT2D eigenvalue weighted by atomic mass is 16.3. The summed E-state index contributed by atoms with van der Waals surface area (Å²) in [6.07, 6.45) is 3.14. The minimum Gasteiger partial charge on any atom is -0.507 e. The molecule has 0 bridgehead atoms.